The largest absolute Gasteiger partial charge is 0.480 e. The van der Waals surface area contributed by atoms with Crippen LogP contribution in [-0.2, 0) is 9.59 Å². The van der Waals surface area contributed by atoms with Crippen LogP contribution in [0.5, 0.6) is 0 Å². The van der Waals surface area contributed by atoms with E-state index in [1.165, 1.54) is 0 Å². The second kappa shape index (κ2) is 6.40. The van der Waals surface area contributed by atoms with Gasteiger partial charge in [0.1, 0.15) is 6.04 Å². The number of fused-ring (bicyclic) bond motifs is 1. The third kappa shape index (κ3) is 3.10. The van der Waals surface area contributed by atoms with Crippen molar-refractivity contribution in [1.82, 2.24) is 4.90 Å². The van der Waals surface area contributed by atoms with E-state index in [9.17, 15) is 14.7 Å². The summed E-state index contributed by atoms with van der Waals surface area (Å²) >= 11 is 0. The van der Waals surface area contributed by atoms with Gasteiger partial charge in [-0.05, 0) is 31.1 Å². The highest BCUT2D eigenvalue weighted by atomic mass is 16.4. The minimum atomic E-state index is -0.809. The van der Waals surface area contributed by atoms with Crippen molar-refractivity contribution in [3.8, 4) is 0 Å². The molecular formula is C15H25NO3. The molecule has 3 unspecified atom stereocenters. The van der Waals surface area contributed by atoms with Gasteiger partial charge in [-0.2, -0.15) is 0 Å². The molecule has 4 nitrogen and oxygen atoms in total. The van der Waals surface area contributed by atoms with Gasteiger partial charge < -0.3 is 10.0 Å². The van der Waals surface area contributed by atoms with E-state index in [-0.39, 0.29) is 11.8 Å². The van der Waals surface area contributed by atoms with Gasteiger partial charge in [-0.1, -0.05) is 32.6 Å². The Morgan fingerprint density at radius 2 is 2.00 bits per heavy atom. The highest BCUT2D eigenvalue weighted by Gasteiger charge is 2.49. The Balaban J connectivity index is 1.91. The zero-order valence-electron chi connectivity index (χ0n) is 11.8. The average Bonchev–Trinajstić information content (AvgIpc) is 2.93. The SMILES string of the molecule is CCCCCCC(=O)N1CC2CCCC2C1C(=O)O. The van der Waals surface area contributed by atoms with Crippen LogP contribution in [0.4, 0.5) is 0 Å². The number of hydrogen-bond acceptors (Lipinski definition) is 2. The number of carbonyl (C=O) groups excluding carboxylic acids is 1. The molecule has 1 saturated carbocycles. The minimum Gasteiger partial charge on any atom is -0.480 e. The van der Waals surface area contributed by atoms with Crippen LogP contribution in [-0.4, -0.2) is 34.5 Å². The van der Waals surface area contributed by atoms with E-state index >= 15 is 0 Å². The molecule has 0 radical (unpaired) electrons. The van der Waals surface area contributed by atoms with Gasteiger partial charge in [0, 0.05) is 13.0 Å². The number of hydrogen-bond donors (Lipinski definition) is 1. The molecule has 3 atom stereocenters. The third-order valence-electron chi connectivity index (χ3n) is 4.71. The van der Waals surface area contributed by atoms with Gasteiger partial charge >= 0.3 is 5.97 Å². The molecule has 1 aliphatic heterocycles. The van der Waals surface area contributed by atoms with Crippen LogP contribution in [0, 0.1) is 11.8 Å². The summed E-state index contributed by atoms with van der Waals surface area (Å²) in [4.78, 5) is 25.3. The lowest BCUT2D eigenvalue weighted by Crippen LogP contribution is -2.43. The Labute approximate surface area is 115 Å². The lowest BCUT2D eigenvalue weighted by molar-refractivity contribution is -0.149. The number of rotatable bonds is 6. The summed E-state index contributed by atoms with van der Waals surface area (Å²) in [5.74, 6) is -0.119. The van der Waals surface area contributed by atoms with Crippen LogP contribution in [0.2, 0.25) is 0 Å². The zero-order chi connectivity index (χ0) is 13.8. The molecular weight excluding hydrogens is 242 g/mol. The first-order valence-electron chi connectivity index (χ1n) is 7.67. The quantitative estimate of drug-likeness (QED) is 0.753. The molecule has 108 valence electrons. The minimum absolute atomic E-state index is 0.0536. The number of unbranched alkanes of at least 4 members (excludes halogenated alkanes) is 3. The van der Waals surface area contributed by atoms with Crippen molar-refractivity contribution in [2.24, 2.45) is 11.8 Å². The number of aliphatic carboxylic acids is 1. The number of likely N-dealkylation sites (tertiary alicyclic amines) is 1. The van der Waals surface area contributed by atoms with Gasteiger partial charge in [-0.15, -0.1) is 0 Å². The summed E-state index contributed by atoms with van der Waals surface area (Å²) in [5.41, 5.74) is 0. The summed E-state index contributed by atoms with van der Waals surface area (Å²) in [6, 6.07) is -0.550. The molecule has 2 rings (SSSR count). The van der Waals surface area contributed by atoms with Gasteiger partial charge in [0.05, 0.1) is 0 Å². The van der Waals surface area contributed by atoms with Crippen LogP contribution >= 0.6 is 0 Å². The maximum absolute atomic E-state index is 12.2. The van der Waals surface area contributed by atoms with Crippen molar-refractivity contribution in [3.05, 3.63) is 0 Å². The van der Waals surface area contributed by atoms with Crippen LogP contribution in [0.1, 0.15) is 58.3 Å². The maximum atomic E-state index is 12.2. The zero-order valence-corrected chi connectivity index (χ0v) is 11.8. The van der Waals surface area contributed by atoms with Crippen LogP contribution in [0.3, 0.4) is 0 Å². The summed E-state index contributed by atoms with van der Waals surface area (Å²) in [5, 5.41) is 9.40. The van der Waals surface area contributed by atoms with Gasteiger partial charge in [0.25, 0.3) is 0 Å². The highest BCUT2D eigenvalue weighted by Crippen LogP contribution is 2.42. The summed E-state index contributed by atoms with van der Waals surface area (Å²) in [7, 11) is 0. The molecule has 0 aromatic heterocycles. The highest BCUT2D eigenvalue weighted by molar-refractivity contribution is 5.84. The predicted octanol–water partition coefficient (Wildman–Crippen LogP) is 2.67. The second-order valence-corrected chi connectivity index (χ2v) is 5.99. The van der Waals surface area contributed by atoms with Crippen LogP contribution < -0.4 is 0 Å². The molecule has 4 heteroatoms. The fourth-order valence-electron chi connectivity index (χ4n) is 3.73. The molecule has 1 saturated heterocycles. The Morgan fingerprint density at radius 1 is 1.21 bits per heavy atom. The van der Waals surface area contributed by atoms with Gasteiger partial charge in [-0.3, -0.25) is 4.79 Å². The van der Waals surface area contributed by atoms with E-state index in [2.05, 4.69) is 6.92 Å². The van der Waals surface area contributed by atoms with Crippen molar-refractivity contribution in [3.63, 3.8) is 0 Å². The molecule has 2 aliphatic rings. The Bertz CT molecular complexity index is 342. The molecule has 0 aromatic rings. The van der Waals surface area contributed by atoms with E-state index in [0.717, 1.165) is 44.9 Å². The van der Waals surface area contributed by atoms with Crippen molar-refractivity contribution in [2.45, 2.75) is 64.3 Å². The normalized spacial score (nSPS) is 29.5. The third-order valence-corrected chi connectivity index (χ3v) is 4.71. The molecule has 1 aliphatic carbocycles. The van der Waals surface area contributed by atoms with Crippen molar-refractivity contribution in [1.29, 1.82) is 0 Å². The molecule has 1 N–H and O–H groups in total. The van der Waals surface area contributed by atoms with Crippen molar-refractivity contribution >= 4 is 11.9 Å². The molecule has 0 aromatic carbocycles. The van der Waals surface area contributed by atoms with Crippen molar-refractivity contribution < 1.29 is 14.7 Å². The summed E-state index contributed by atoms with van der Waals surface area (Å²) in [6.07, 6.45) is 7.97. The molecule has 1 heterocycles. The number of amides is 1. The van der Waals surface area contributed by atoms with Gasteiger partial charge in [-0.25, -0.2) is 4.79 Å². The molecule has 0 spiro atoms. The van der Waals surface area contributed by atoms with Crippen LogP contribution in [0.25, 0.3) is 0 Å². The Morgan fingerprint density at radius 3 is 2.68 bits per heavy atom. The second-order valence-electron chi connectivity index (χ2n) is 5.99. The van der Waals surface area contributed by atoms with E-state index in [1.807, 2.05) is 0 Å². The average molecular weight is 267 g/mol. The molecule has 19 heavy (non-hydrogen) atoms. The van der Waals surface area contributed by atoms with Crippen molar-refractivity contribution in [2.75, 3.05) is 6.54 Å². The lowest BCUT2D eigenvalue weighted by atomic mass is 9.94. The summed E-state index contributed by atoms with van der Waals surface area (Å²) < 4.78 is 0. The van der Waals surface area contributed by atoms with Gasteiger partial charge in [0.15, 0.2) is 0 Å². The first kappa shape index (κ1) is 14.4. The standard InChI is InChI=1S/C15H25NO3/c1-2-3-4-5-9-13(17)16-10-11-7-6-8-12(11)14(16)15(18)19/h11-12,14H,2-10H2,1H3,(H,18,19). The summed E-state index contributed by atoms with van der Waals surface area (Å²) in [6.45, 7) is 2.82. The molecule has 1 amide bonds. The Hall–Kier alpha value is -1.06. The van der Waals surface area contributed by atoms with Gasteiger partial charge in [0.2, 0.25) is 5.91 Å². The monoisotopic (exact) mass is 267 g/mol. The number of carboxylic acid groups (broad SMARTS) is 1. The topological polar surface area (TPSA) is 57.6 Å². The number of nitrogens with zero attached hydrogens (tertiary/aromatic N) is 1. The first-order valence-corrected chi connectivity index (χ1v) is 7.67. The Kier molecular flexibility index (Phi) is 4.83. The molecule has 2 fully saturated rings. The smallest absolute Gasteiger partial charge is 0.326 e. The maximum Gasteiger partial charge on any atom is 0.326 e. The molecule has 0 bridgehead atoms. The van der Waals surface area contributed by atoms with E-state index < -0.39 is 12.0 Å². The number of carbonyl (C=O) groups is 2. The fourth-order valence-corrected chi connectivity index (χ4v) is 3.73. The number of carboxylic acids is 1. The van der Waals surface area contributed by atoms with E-state index in [0.29, 0.717) is 18.9 Å². The first-order chi connectivity index (χ1) is 9.15. The van der Waals surface area contributed by atoms with E-state index in [4.69, 9.17) is 0 Å². The predicted molar refractivity (Wildman–Crippen MR) is 72.7 cm³/mol. The fraction of sp³-hybridized carbons (Fsp3) is 0.867. The van der Waals surface area contributed by atoms with Crippen LogP contribution in [0.15, 0.2) is 0 Å². The lowest BCUT2D eigenvalue weighted by Gasteiger charge is -2.24. The van der Waals surface area contributed by atoms with E-state index in [1.54, 1.807) is 4.90 Å².